The van der Waals surface area contributed by atoms with Gasteiger partial charge < -0.3 is 10.2 Å². The lowest BCUT2D eigenvalue weighted by Gasteiger charge is -2.31. The highest BCUT2D eigenvalue weighted by Crippen LogP contribution is 2.28. The second kappa shape index (κ2) is 6.23. The maximum absolute atomic E-state index is 9.05. The summed E-state index contributed by atoms with van der Waals surface area (Å²) in [7, 11) is 0. The molecular formula is C14H19ClN4. The van der Waals surface area contributed by atoms with Crippen LogP contribution in [0.15, 0.2) is 12.3 Å². The van der Waals surface area contributed by atoms with Gasteiger partial charge in [-0.05, 0) is 39.3 Å². The monoisotopic (exact) mass is 278 g/mol. The molecule has 2 heterocycles. The zero-order chi connectivity index (χ0) is 13.8. The third-order valence-corrected chi connectivity index (χ3v) is 3.84. The molecule has 1 atom stereocenters. The number of pyridine rings is 1. The van der Waals surface area contributed by atoms with Crippen LogP contribution in [0.25, 0.3) is 0 Å². The normalized spacial score (nSPS) is 18.6. The Morgan fingerprint density at radius 2 is 2.42 bits per heavy atom. The molecule has 0 spiro atoms. The highest BCUT2D eigenvalue weighted by atomic mass is 35.5. The minimum Gasteiger partial charge on any atom is -0.351 e. The van der Waals surface area contributed by atoms with Crippen LogP contribution in [-0.4, -0.2) is 30.2 Å². The minimum absolute atomic E-state index is 0.293. The molecule has 1 aromatic heterocycles. The van der Waals surface area contributed by atoms with Crippen LogP contribution in [0, 0.1) is 11.3 Å². The fraction of sp³-hybridized carbons (Fsp3) is 0.571. The van der Waals surface area contributed by atoms with E-state index in [2.05, 4.69) is 35.1 Å². The summed E-state index contributed by atoms with van der Waals surface area (Å²) in [5.74, 6) is 0.712. The van der Waals surface area contributed by atoms with Crippen molar-refractivity contribution in [2.24, 2.45) is 0 Å². The van der Waals surface area contributed by atoms with E-state index < -0.39 is 0 Å². The van der Waals surface area contributed by atoms with Gasteiger partial charge in [-0.3, -0.25) is 0 Å². The zero-order valence-corrected chi connectivity index (χ0v) is 12.1. The Hall–Kier alpha value is -1.31. The van der Waals surface area contributed by atoms with Crippen molar-refractivity contribution < 1.29 is 0 Å². The fourth-order valence-corrected chi connectivity index (χ4v) is 2.67. The quantitative estimate of drug-likeness (QED) is 0.920. The predicted octanol–water partition coefficient (Wildman–Crippen LogP) is 2.57. The molecule has 0 amide bonds. The summed E-state index contributed by atoms with van der Waals surface area (Å²) in [5, 5.41) is 13.0. The molecule has 1 N–H and O–H groups in total. The van der Waals surface area contributed by atoms with Gasteiger partial charge in [-0.15, -0.1) is 0 Å². The van der Waals surface area contributed by atoms with E-state index in [-0.39, 0.29) is 0 Å². The van der Waals surface area contributed by atoms with Gasteiger partial charge in [-0.1, -0.05) is 11.6 Å². The van der Waals surface area contributed by atoms with Crippen LogP contribution in [-0.2, 0) is 0 Å². The number of nitrogens with one attached hydrogen (secondary N) is 1. The van der Waals surface area contributed by atoms with Crippen molar-refractivity contribution in [3.05, 3.63) is 22.8 Å². The Bertz CT molecular complexity index is 475. The van der Waals surface area contributed by atoms with Gasteiger partial charge in [0.25, 0.3) is 0 Å². The molecule has 5 heteroatoms. The molecule has 2 rings (SSSR count). The van der Waals surface area contributed by atoms with Crippen LogP contribution < -0.4 is 10.2 Å². The molecule has 1 fully saturated rings. The molecule has 0 bridgehead atoms. The van der Waals surface area contributed by atoms with Crippen LogP contribution >= 0.6 is 11.6 Å². The Morgan fingerprint density at radius 1 is 1.63 bits per heavy atom. The van der Waals surface area contributed by atoms with Crippen molar-refractivity contribution >= 4 is 17.4 Å². The van der Waals surface area contributed by atoms with Gasteiger partial charge in [0.1, 0.15) is 16.9 Å². The summed E-state index contributed by atoms with van der Waals surface area (Å²) in [4.78, 5) is 6.54. The lowest BCUT2D eigenvalue weighted by molar-refractivity contribution is 0.549. The van der Waals surface area contributed by atoms with E-state index in [1.807, 2.05) is 0 Å². The number of nitrogens with zero attached hydrogens (tertiary/aromatic N) is 3. The maximum atomic E-state index is 9.05. The summed E-state index contributed by atoms with van der Waals surface area (Å²) in [6.07, 6.45) is 4.05. The van der Waals surface area contributed by atoms with Crippen LogP contribution in [0.4, 0.5) is 5.82 Å². The third kappa shape index (κ3) is 3.17. The molecule has 102 valence electrons. The molecule has 1 aromatic rings. The lowest BCUT2D eigenvalue weighted by Crippen LogP contribution is -2.42. The highest BCUT2D eigenvalue weighted by molar-refractivity contribution is 6.34. The largest absolute Gasteiger partial charge is 0.351 e. The van der Waals surface area contributed by atoms with Gasteiger partial charge in [0, 0.05) is 24.8 Å². The van der Waals surface area contributed by atoms with Gasteiger partial charge >= 0.3 is 0 Å². The SMILES string of the molecule is CC(C)N(CC1CCCN1)c1nccc(C#N)c1Cl. The first-order valence-electron chi connectivity index (χ1n) is 6.68. The number of aromatic nitrogens is 1. The second-order valence-corrected chi connectivity index (χ2v) is 5.53. The number of halogens is 1. The van der Waals surface area contributed by atoms with E-state index in [1.165, 1.54) is 12.8 Å². The van der Waals surface area contributed by atoms with Gasteiger partial charge in [0.2, 0.25) is 0 Å². The summed E-state index contributed by atoms with van der Waals surface area (Å²) in [6, 6.07) is 4.53. The topological polar surface area (TPSA) is 52.0 Å². The van der Waals surface area contributed by atoms with Gasteiger partial charge in [-0.25, -0.2) is 4.98 Å². The average molecular weight is 279 g/mol. The smallest absolute Gasteiger partial charge is 0.148 e. The summed E-state index contributed by atoms with van der Waals surface area (Å²) in [6.45, 7) is 6.19. The molecule has 0 aliphatic carbocycles. The van der Waals surface area contributed by atoms with E-state index >= 15 is 0 Å². The summed E-state index contributed by atoms with van der Waals surface area (Å²) < 4.78 is 0. The molecule has 1 saturated heterocycles. The van der Waals surface area contributed by atoms with E-state index in [0.717, 1.165) is 13.1 Å². The number of hydrogen-bond acceptors (Lipinski definition) is 4. The van der Waals surface area contributed by atoms with Crippen molar-refractivity contribution in [2.75, 3.05) is 18.0 Å². The van der Waals surface area contributed by atoms with Crippen LogP contribution in [0.1, 0.15) is 32.3 Å². The molecule has 1 unspecified atom stereocenters. The Labute approximate surface area is 119 Å². The number of anilines is 1. The Balaban J connectivity index is 2.26. The van der Waals surface area contributed by atoms with E-state index in [1.54, 1.807) is 12.3 Å². The Kier molecular flexibility index (Phi) is 4.62. The minimum atomic E-state index is 0.293. The first-order chi connectivity index (χ1) is 9.13. The summed E-state index contributed by atoms with van der Waals surface area (Å²) in [5.41, 5.74) is 0.483. The molecule has 0 saturated carbocycles. The van der Waals surface area contributed by atoms with Gasteiger partial charge in [0.05, 0.1) is 5.56 Å². The van der Waals surface area contributed by atoms with Crippen LogP contribution in [0.2, 0.25) is 5.02 Å². The number of nitriles is 1. The van der Waals surface area contributed by atoms with Crippen molar-refractivity contribution in [1.82, 2.24) is 10.3 Å². The molecule has 0 radical (unpaired) electrons. The highest BCUT2D eigenvalue weighted by Gasteiger charge is 2.23. The van der Waals surface area contributed by atoms with Gasteiger partial charge in [0.15, 0.2) is 0 Å². The molecule has 0 aromatic carbocycles. The molecule has 1 aliphatic heterocycles. The fourth-order valence-electron chi connectivity index (χ4n) is 2.41. The molecular weight excluding hydrogens is 260 g/mol. The Morgan fingerprint density at radius 3 is 3.00 bits per heavy atom. The predicted molar refractivity (Wildman–Crippen MR) is 77.5 cm³/mol. The molecule has 1 aliphatic rings. The molecule has 19 heavy (non-hydrogen) atoms. The number of rotatable bonds is 4. The van der Waals surface area contributed by atoms with Crippen LogP contribution in [0.5, 0.6) is 0 Å². The first-order valence-corrected chi connectivity index (χ1v) is 7.06. The lowest BCUT2D eigenvalue weighted by atomic mass is 10.1. The van der Waals surface area contributed by atoms with Crippen LogP contribution in [0.3, 0.4) is 0 Å². The van der Waals surface area contributed by atoms with Crippen molar-refractivity contribution in [3.63, 3.8) is 0 Å². The van der Waals surface area contributed by atoms with Crippen molar-refractivity contribution in [3.8, 4) is 6.07 Å². The number of hydrogen-bond donors (Lipinski definition) is 1. The standard InChI is InChI=1S/C14H19ClN4/c1-10(2)19(9-12-4-3-6-17-12)14-13(15)11(8-16)5-7-18-14/h5,7,10,12,17H,3-4,6,9H2,1-2H3. The first kappa shape index (κ1) is 14.1. The summed E-state index contributed by atoms with van der Waals surface area (Å²) >= 11 is 6.29. The van der Waals surface area contributed by atoms with Crippen molar-refractivity contribution in [2.45, 2.75) is 38.8 Å². The maximum Gasteiger partial charge on any atom is 0.148 e. The third-order valence-electron chi connectivity index (χ3n) is 3.47. The second-order valence-electron chi connectivity index (χ2n) is 5.15. The van der Waals surface area contributed by atoms with Gasteiger partial charge in [-0.2, -0.15) is 5.26 Å². The average Bonchev–Trinajstić information content (AvgIpc) is 2.89. The van der Waals surface area contributed by atoms with E-state index in [0.29, 0.717) is 28.5 Å². The van der Waals surface area contributed by atoms with Crippen molar-refractivity contribution in [1.29, 1.82) is 5.26 Å². The van der Waals surface area contributed by atoms with E-state index in [4.69, 9.17) is 16.9 Å². The zero-order valence-electron chi connectivity index (χ0n) is 11.4. The van der Waals surface area contributed by atoms with E-state index in [9.17, 15) is 0 Å². The molecule has 4 nitrogen and oxygen atoms in total.